The molecule has 1 aromatic rings. The maximum absolute atomic E-state index is 4.23. The second-order valence-electron chi connectivity index (χ2n) is 4.23. The number of rotatable bonds is 4. The van der Waals surface area contributed by atoms with E-state index < -0.39 is 0 Å². The molecule has 2 unspecified atom stereocenters. The van der Waals surface area contributed by atoms with Crippen LogP contribution in [0.15, 0.2) is 24.5 Å². The van der Waals surface area contributed by atoms with E-state index in [2.05, 4.69) is 35.1 Å². The van der Waals surface area contributed by atoms with Crippen LogP contribution in [-0.2, 0) is 0 Å². The van der Waals surface area contributed by atoms with E-state index in [1.807, 2.05) is 18.5 Å². The van der Waals surface area contributed by atoms with E-state index in [0.717, 1.165) is 11.8 Å². The summed E-state index contributed by atoms with van der Waals surface area (Å²) in [6, 6.07) is 4.70. The van der Waals surface area contributed by atoms with Crippen LogP contribution in [0.2, 0.25) is 0 Å². The van der Waals surface area contributed by atoms with Crippen LogP contribution in [0.25, 0.3) is 0 Å². The first-order chi connectivity index (χ1) is 7.92. The molecule has 3 heteroatoms. The van der Waals surface area contributed by atoms with Crippen molar-refractivity contribution < 1.29 is 0 Å². The van der Waals surface area contributed by atoms with Gasteiger partial charge in [0.1, 0.15) is 0 Å². The summed E-state index contributed by atoms with van der Waals surface area (Å²) >= 11 is 2.12. The molecule has 2 heterocycles. The Balaban J connectivity index is 2.09. The summed E-state index contributed by atoms with van der Waals surface area (Å²) in [5.41, 5.74) is 1.34. The van der Waals surface area contributed by atoms with Gasteiger partial charge < -0.3 is 5.32 Å². The summed E-state index contributed by atoms with van der Waals surface area (Å²) in [6.07, 6.45) is 7.94. The number of pyridine rings is 1. The summed E-state index contributed by atoms with van der Waals surface area (Å²) in [6.45, 7) is 3.20. The van der Waals surface area contributed by atoms with Crippen molar-refractivity contribution in [1.82, 2.24) is 10.3 Å². The van der Waals surface area contributed by atoms with E-state index in [1.165, 1.54) is 30.6 Å². The third-order valence-electron chi connectivity index (χ3n) is 3.05. The molecule has 1 fully saturated rings. The van der Waals surface area contributed by atoms with Gasteiger partial charge in [-0.25, -0.2) is 0 Å². The molecule has 88 valence electrons. The maximum Gasteiger partial charge on any atom is 0.0455 e. The molecule has 0 amide bonds. The summed E-state index contributed by atoms with van der Waals surface area (Å²) in [5, 5.41) is 4.33. The number of hydrogen-bond donors (Lipinski definition) is 1. The third-order valence-corrected chi connectivity index (χ3v) is 4.51. The third kappa shape index (κ3) is 2.98. The van der Waals surface area contributed by atoms with Crippen LogP contribution in [0.3, 0.4) is 0 Å². The minimum absolute atomic E-state index is 0.476. The van der Waals surface area contributed by atoms with E-state index in [-0.39, 0.29) is 0 Å². The lowest BCUT2D eigenvalue weighted by Crippen LogP contribution is -2.31. The zero-order valence-corrected chi connectivity index (χ0v) is 10.7. The van der Waals surface area contributed by atoms with E-state index in [4.69, 9.17) is 0 Å². The molecular formula is C13H20N2S. The highest BCUT2D eigenvalue weighted by atomic mass is 32.2. The van der Waals surface area contributed by atoms with E-state index in [9.17, 15) is 0 Å². The van der Waals surface area contributed by atoms with E-state index >= 15 is 0 Å². The summed E-state index contributed by atoms with van der Waals surface area (Å²) in [5.74, 6) is 1.31. The normalized spacial score (nSPS) is 22.9. The molecule has 2 nitrogen and oxygen atoms in total. The minimum atomic E-state index is 0.476. The van der Waals surface area contributed by atoms with E-state index in [1.54, 1.807) is 0 Å². The highest BCUT2D eigenvalue weighted by molar-refractivity contribution is 8.00. The van der Waals surface area contributed by atoms with Crippen molar-refractivity contribution in [1.29, 1.82) is 0 Å². The van der Waals surface area contributed by atoms with Gasteiger partial charge in [-0.3, -0.25) is 4.98 Å². The molecule has 0 radical (unpaired) electrons. The number of nitrogens with one attached hydrogen (secondary N) is 1. The standard InChI is InChI=1S/C13H20N2S/c1-2-15-13(11-6-5-8-14-10-11)12-7-3-4-9-16-12/h5-6,8,10,12-13,15H,2-4,7,9H2,1H3. The fourth-order valence-electron chi connectivity index (χ4n) is 2.27. The molecule has 1 saturated heterocycles. The SMILES string of the molecule is CCNC(c1cccnc1)C1CCCCS1. The topological polar surface area (TPSA) is 24.9 Å². The van der Waals surface area contributed by atoms with Crippen LogP contribution in [0, 0.1) is 0 Å². The Bertz CT molecular complexity index is 296. The van der Waals surface area contributed by atoms with Gasteiger partial charge in [0.15, 0.2) is 0 Å². The van der Waals surface area contributed by atoms with Gasteiger partial charge in [-0.15, -0.1) is 0 Å². The quantitative estimate of drug-likeness (QED) is 0.870. The molecule has 0 spiro atoms. The number of thioether (sulfide) groups is 1. The highest BCUT2D eigenvalue weighted by Crippen LogP contribution is 2.34. The lowest BCUT2D eigenvalue weighted by molar-refractivity contribution is 0.490. The van der Waals surface area contributed by atoms with Gasteiger partial charge in [0, 0.05) is 23.7 Å². The molecule has 2 atom stereocenters. The molecule has 1 aliphatic rings. The molecule has 1 N–H and O–H groups in total. The van der Waals surface area contributed by atoms with Crippen molar-refractivity contribution in [2.75, 3.05) is 12.3 Å². The summed E-state index contributed by atoms with van der Waals surface area (Å²) in [7, 11) is 0. The summed E-state index contributed by atoms with van der Waals surface area (Å²) < 4.78 is 0. The Hall–Kier alpha value is -0.540. The first-order valence-corrected chi connectivity index (χ1v) is 7.21. The Morgan fingerprint density at radius 2 is 2.50 bits per heavy atom. The van der Waals surface area contributed by atoms with Gasteiger partial charge in [0.05, 0.1) is 0 Å². The van der Waals surface area contributed by atoms with Crippen LogP contribution in [0.1, 0.15) is 37.8 Å². The van der Waals surface area contributed by atoms with Crippen LogP contribution >= 0.6 is 11.8 Å². The Morgan fingerprint density at radius 3 is 3.12 bits per heavy atom. The van der Waals surface area contributed by atoms with Gasteiger partial charge in [-0.05, 0) is 36.8 Å². The second-order valence-corrected chi connectivity index (χ2v) is 5.57. The number of nitrogens with zero attached hydrogens (tertiary/aromatic N) is 1. The fraction of sp³-hybridized carbons (Fsp3) is 0.615. The maximum atomic E-state index is 4.23. The first-order valence-electron chi connectivity index (χ1n) is 6.16. The van der Waals surface area contributed by atoms with Gasteiger partial charge in [0.2, 0.25) is 0 Å². The van der Waals surface area contributed by atoms with Crippen LogP contribution in [-0.4, -0.2) is 22.5 Å². The lowest BCUT2D eigenvalue weighted by Gasteiger charge is -2.30. The largest absolute Gasteiger partial charge is 0.309 e. The smallest absolute Gasteiger partial charge is 0.0455 e. The molecule has 1 aliphatic heterocycles. The number of hydrogen-bond acceptors (Lipinski definition) is 3. The minimum Gasteiger partial charge on any atom is -0.309 e. The molecule has 0 aromatic carbocycles. The molecule has 2 rings (SSSR count). The van der Waals surface area contributed by atoms with E-state index in [0.29, 0.717) is 6.04 Å². The Kier molecular flexibility index (Phi) is 4.67. The molecule has 1 aromatic heterocycles. The average Bonchev–Trinajstić information content (AvgIpc) is 2.38. The molecule has 0 bridgehead atoms. The van der Waals surface area contributed by atoms with Crippen molar-refractivity contribution >= 4 is 11.8 Å². The molecule has 0 aliphatic carbocycles. The zero-order chi connectivity index (χ0) is 11.2. The van der Waals surface area contributed by atoms with Gasteiger partial charge in [-0.2, -0.15) is 11.8 Å². The molecular weight excluding hydrogens is 216 g/mol. The monoisotopic (exact) mass is 236 g/mol. The zero-order valence-electron chi connectivity index (χ0n) is 9.86. The summed E-state index contributed by atoms with van der Waals surface area (Å²) in [4.78, 5) is 4.23. The van der Waals surface area contributed by atoms with Crippen LogP contribution in [0.5, 0.6) is 0 Å². The first kappa shape index (κ1) is 11.9. The Morgan fingerprint density at radius 1 is 1.56 bits per heavy atom. The predicted molar refractivity (Wildman–Crippen MR) is 70.8 cm³/mol. The Labute approximate surface area is 102 Å². The van der Waals surface area contributed by atoms with Gasteiger partial charge >= 0.3 is 0 Å². The lowest BCUT2D eigenvalue weighted by atomic mass is 10.0. The van der Waals surface area contributed by atoms with Crippen molar-refractivity contribution in [2.45, 2.75) is 37.5 Å². The van der Waals surface area contributed by atoms with Crippen LogP contribution in [0.4, 0.5) is 0 Å². The van der Waals surface area contributed by atoms with Gasteiger partial charge in [0.25, 0.3) is 0 Å². The molecule has 16 heavy (non-hydrogen) atoms. The van der Waals surface area contributed by atoms with Crippen molar-refractivity contribution in [2.24, 2.45) is 0 Å². The highest BCUT2D eigenvalue weighted by Gasteiger charge is 2.24. The second kappa shape index (κ2) is 6.26. The van der Waals surface area contributed by atoms with Gasteiger partial charge in [-0.1, -0.05) is 19.4 Å². The average molecular weight is 236 g/mol. The van der Waals surface area contributed by atoms with Crippen LogP contribution < -0.4 is 5.32 Å². The van der Waals surface area contributed by atoms with Crippen molar-refractivity contribution in [3.8, 4) is 0 Å². The molecule has 0 saturated carbocycles. The predicted octanol–water partition coefficient (Wildman–Crippen LogP) is 3.02. The number of aromatic nitrogens is 1. The fourth-order valence-corrected chi connectivity index (χ4v) is 3.72. The van der Waals surface area contributed by atoms with Crippen molar-refractivity contribution in [3.63, 3.8) is 0 Å². The van der Waals surface area contributed by atoms with Crippen molar-refractivity contribution in [3.05, 3.63) is 30.1 Å².